The maximum Gasteiger partial charge on any atom is 0.276 e. The second-order valence-corrected chi connectivity index (χ2v) is 6.42. The third kappa shape index (κ3) is 4.13. The molecule has 0 bridgehead atoms. The number of aryl methyl sites for hydroxylation is 1. The molecule has 0 unspecified atom stereocenters. The van der Waals surface area contributed by atoms with Crippen LogP contribution in [0.3, 0.4) is 0 Å². The predicted octanol–water partition coefficient (Wildman–Crippen LogP) is 2.46. The van der Waals surface area contributed by atoms with Crippen molar-refractivity contribution in [1.29, 1.82) is 0 Å². The first-order valence-electron chi connectivity index (χ1n) is 6.50. The number of hydrogen-bond donors (Lipinski definition) is 1. The summed E-state index contributed by atoms with van der Waals surface area (Å²) >= 11 is 0. The smallest absolute Gasteiger partial charge is 0.264 e. The van der Waals surface area contributed by atoms with Gasteiger partial charge in [-0.25, -0.2) is 4.83 Å². The lowest BCUT2D eigenvalue weighted by Crippen LogP contribution is -2.18. The van der Waals surface area contributed by atoms with E-state index in [1.54, 1.807) is 42.9 Å². The first-order valence-corrected chi connectivity index (χ1v) is 7.99. The molecule has 21 heavy (non-hydrogen) atoms. The molecule has 0 fully saturated rings. The highest BCUT2D eigenvalue weighted by atomic mass is 32.2. The van der Waals surface area contributed by atoms with Gasteiger partial charge in [-0.1, -0.05) is 30.7 Å². The molecule has 1 aromatic heterocycles. The third-order valence-electron chi connectivity index (χ3n) is 3.01. The van der Waals surface area contributed by atoms with E-state index >= 15 is 0 Å². The van der Waals surface area contributed by atoms with Gasteiger partial charge in [0.15, 0.2) is 0 Å². The standard InChI is InChI=1S/C15H17N3O2S/c1-12-5-7-15(8-6-12)21(19,20)18-17-10-13(2)14-4-3-9-16-11-14/h3-11,13,18H,1-2H3/b17-10-/t13-/m1/s1. The molecular formula is C15H17N3O2S. The second-order valence-electron chi connectivity index (χ2n) is 4.76. The van der Waals surface area contributed by atoms with E-state index in [0.717, 1.165) is 11.1 Å². The minimum atomic E-state index is -3.62. The lowest BCUT2D eigenvalue weighted by atomic mass is 10.1. The summed E-state index contributed by atoms with van der Waals surface area (Å²) in [5.41, 5.74) is 1.97. The Kier molecular flexibility index (Phi) is 4.70. The van der Waals surface area contributed by atoms with Crippen LogP contribution in [-0.4, -0.2) is 19.6 Å². The zero-order chi connectivity index (χ0) is 15.3. The summed E-state index contributed by atoms with van der Waals surface area (Å²) in [4.78, 5) is 6.43. The molecule has 1 heterocycles. The van der Waals surface area contributed by atoms with Gasteiger partial charge in [0.05, 0.1) is 4.90 Å². The molecule has 0 aliphatic heterocycles. The average Bonchev–Trinajstić information content (AvgIpc) is 2.48. The molecule has 0 spiro atoms. The molecule has 2 aromatic rings. The van der Waals surface area contributed by atoms with Gasteiger partial charge in [-0.3, -0.25) is 4.98 Å². The first-order chi connectivity index (χ1) is 9.99. The molecule has 0 saturated heterocycles. The van der Waals surface area contributed by atoms with Crippen LogP contribution in [0, 0.1) is 6.92 Å². The zero-order valence-corrected chi connectivity index (χ0v) is 12.7. The Bertz CT molecular complexity index is 710. The van der Waals surface area contributed by atoms with Gasteiger partial charge < -0.3 is 0 Å². The van der Waals surface area contributed by atoms with Gasteiger partial charge in [0.25, 0.3) is 10.0 Å². The van der Waals surface area contributed by atoms with Gasteiger partial charge in [0, 0.05) is 24.5 Å². The number of aromatic nitrogens is 1. The van der Waals surface area contributed by atoms with Crippen LogP contribution in [0.15, 0.2) is 58.8 Å². The predicted molar refractivity (Wildman–Crippen MR) is 82.6 cm³/mol. The van der Waals surface area contributed by atoms with Gasteiger partial charge >= 0.3 is 0 Å². The van der Waals surface area contributed by atoms with E-state index in [1.807, 2.05) is 26.0 Å². The van der Waals surface area contributed by atoms with E-state index in [9.17, 15) is 8.42 Å². The van der Waals surface area contributed by atoms with Crippen molar-refractivity contribution in [2.24, 2.45) is 5.10 Å². The molecule has 0 aliphatic carbocycles. The van der Waals surface area contributed by atoms with Gasteiger partial charge in [-0.15, -0.1) is 0 Å². The highest BCUT2D eigenvalue weighted by molar-refractivity contribution is 7.89. The molecule has 110 valence electrons. The molecular weight excluding hydrogens is 286 g/mol. The summed E-state index contributed by atoms with van der Waals surface area (Å²) < 4.78 is 24.0. The summed E-state index contributed by atoms with van der Waals surface area (Å²) in [5.74, 6) is -0.0283. The Morgan fingerprint density at radius 2 is 1.95 bits per heavy atom. The summed E-state index contributed by atoms with van der Waals surface area (Å²) in [6, 6.07) is 10.3. The summed E-state index contributed by atoms with van der Waals surface area (Å²) in [7, 11) is -3.62. The van der Waals surface area contributed by atoms with Crippen molar-refractivity contribution in [2.45, 2.75) is 24.7 Å². The van der Waals surface area contributed by atoms with Crippen molar-refractivity contribution >= 4 is 16.2 Å². The average molecular weight is 303 g/mol. The molecule has 6 heteroatoms. The van der Waals surface area contributed by atoms with Crippen molar-refractivity contribution in [1.82, 2.24) is 9.82 Å². The van der Waals surface area contributed by atoms with E-state index in [2.05, 4.69) is 14.9 Å². The monoisotopic (exact) mass is 303 g/mol. The molecule has 1 N–H and O–H groups in total. The van der Waals surface area contributed by atoms with Crippen molar-refractivity contribution in [2.75, 3.05) is 0 Å². The Morgan fingerprint density at radius 3 is 2.57 bits per heavy atom. The van der Waals surface area contributed by atoms with Gasteiger partial charge in [-0.05, 0) is 30.7 Å². The van der Waals surface area contributed by atoms with Gasteiger partial charge in [-0.2, -0.15) is 13.5 Å². The number of pyridine rings is 1. The largest absolute Gasteiger partial charge is 0.276 e. The number of rotatable bonds is 5. The highest BCUT2D eigenvalue weighted by Gasteiger charge is 2.12. The molecule has 0 radical (unpaired) electrons. The van der Waals surface area contributed by atoms with Crippen LogP contribution >= 0.6 is 0 Å². The number of sulfonamides is 1. The van der Waals surface area contributed by atoms with Crippen molar-refractivity contribution < 1.29 is 8.42 Å². The maximum absolute atomic E-state index is 12.0. The first kappa shape index (κ1) is 15.2. The van der Waals surface area contributed by atoms with Crippen molar-refractivity contribution in [3.05, 3.63) is 59.9 Å². The van der Waals surface area contributed by atoms with E-state index < -0.39 is 10.0 Å². The van der Waals surface area contributed by atoms with Crippen molar-refractivity contribution in [3.63, 3.8) is 0 Å². The molecule has 1 atom stereocenters. The van der Waals surface area contributed by atoms with E-state index in [1.165, 1.54) is 0 Å². The van der Waals surface area contributed by atoms with Crippen LogP contribution in [0.1, 0.15) is 24.0 Å². The normalized spacial score (nSPS) is 13.2. The van der Waals surface area contributed by atoms with Gasteiger partial charge in [0.1, 0.15) is 0 Å². The topological polar surface area (TPSA) is 71.4 Å². The number of hydrazone groups is 1. The second kappa shape index (κ2) is 6.49. The van der Waals surface area contributed by atoms with Crippen LogP contribution in [0.4, 0.5) is 0 Å². The van der Waals surface area contributed by atoms with Crippen LogP contribution in [0.5, 0.6) is 0 Å². The number of nitrogens with one attached hydrogen (secondary N) is 1. The van der Waals surface area contributed by atoms with Crippen LogP contribution in [0.25, 0.3) is 0 Å². The molecule has 2 rings (SSSR count). The molecule has 5 nitrogen and oxygen atoms in total. The minimum Gasteiger partial charge on any atom is -0.264 e. The number of benzene rings is 1. The fourth-order valence-corrected chi connectivity index (χ4v) is 2.51. The van der Waals surface area contributed by atoms with E-state index in [-0.39, 0.29) is 10.8 Å². The lowest BCUT2D eigenvalue weighted by molar-refractivity contribution is 0.584. The Morgan fingerprint density at radius 1 is 1.24 bits per heavy atom. The van der Waals surface area contributed by atoms with Crippen LogP contribution in [-0.2, 0) is 10.0 Å². The Balaban J connectivity index is 2.05. The molecule has 1 aromatic carbocycles. The fourth-order valence-electron chi connectivity index (χ4n) is 1.71. The number of nitrogens with zero attached hydrogens (tertiary/aromatic N) is 2. The molecule has 0 amide bonds. The zero-order valence-electron chi connectivity index (χ0n) is 11.9. The Labute approximate surface area is 124 Å². The van der Waals surface area contributed by atoms with Crippen molar-refractivity contribution in [3.8, 4) is 0 Å². The van der Waals surface area contributed by atoms with E-state index in [4.69, 9.17) is 0 Å². The summed E-state index contributed by atoms with van der Waals surface area (Å²) in [5, 5.41) is 3.83. The SMILES string of the molecule is Cc1ccc(S(=O)(=O)N/N=C\[C@@H](C)c2cccnc2)cc1. The van der Waals surface area contributed by atoms with E-state index in [0.29, 0.717) is 0 Å². The Hall–Kier alpha value is -2.21. The molecule has 0 saturated carbocycles. The minimum absolute atomic E-state index is 0.0283. The number of hydrogen-bond acceptors (Lipinski definition) is 4. The third-order valence-corrected chi connectivity index (χ3v) is 4.25. The summed E-state index contributed by atoms with van der Waals surface area (Å²) in [6.45, 7) is 3.82. The summed E-state index contributed by atoms with van der Waals surface area (Å²) in [6.07, 6.45) is 4.96. The fraction of sp³-hybridized carbons (Fsp3) is 0.200. The highest BCUT2D eigenvalue weighted by Crippen LogP contribution is 2.12. The van der Waals surface area contributed by atoms with Crippen LogP contribution in [0.2, 0.25) is 0 Å². The van der Waals surface area contributed by atoms with Gasteiger partial charge in [0.2, 0.25) is 0 Å². The van der Waals surface area contributed by atoms with Crippen LogP contribution < -0.4 is 4.83 Å². The quantitative estimate of drug-likeness (QED) is 0.681. The maximum atomic E-state index is 12.0. The lowest BCUT2D eigenvalue weighted by Gasteiger charge is -2.06. The molecule has 0 aliphatic rings.